The number of aromatic nitrogens is 2. The van der Waals surface area contributed by atoms with Gasteiger partial charge in [0.2, 0.25) is 5.91 Å². The molecule has 1 aromatic heterocycles. The van der Waals surface area contributed by atoms with E-state index in [0.29, 0.717) is 31.5 Å². The number of carbonyl (C=O) groups is 2. The largest absolute Gasteiger partial charge is 0.338 e. The minimum atomic E-state index is -0.257. The molecule has 3 aliphatic heterocycles. The molecule has 0 unspecified atom stereocenters. The normalized spacial score (nSPS) is 28.2. The molecule has 30 heavy (non-hydrogen) atoms. The van der Waals surface area contributed by atoms with Crippen molar-refractivity contribution in [3.05, 3.63) is 59.9 Å². The molecule has 156 valence electrons. The van der Waals surface area contributed by atoms with Gasteiger partial charge in [0.15, 0.2) is 0 Å². The molecule has 3 fully saturated rings. The van der Waals surface area contributed by atoms with E-state index in [0.717, 1.165) is 24.8 Å². The molecule has 2 amide bonds. The fourth-order valence-corrected chi connectivity index (χ4v) is 5.70. The second-order valence-corrected chi connectivity index (χ2v) is 8.76. The van der Waals surface area contributed by atoms with Crippen LogP contribution in [-0.4, -0.2) is 56.8 Å². The van der Waals surface area contributed by atoms with Gasteiger partial charge in [-0.05, 0) is 55.2 Å². The van der Waals surface area contributed by atoms with E-state index in [2.05, 4.69) is 14.9 Å². The van der Waals surface area contributed by atoms with Crippen LogP contribution in [0.15, 0.2) is 43.0 Å². The molecule has 0 radical (unpaired) electrons. The lowest BCUT2D eigenvalue weighted by Gasteiger charge is -2.56. The van der Waals surface area contributed by atoms with E-state index in [1.807, 2.05) is 11.0 Å². The zero-order valence-corrected chi connectivity index (χ0v) is 16.8. The molecular weight excluding hydrogens is 383 g/mol. The van der Waals surface area contributed by atoms with Crippen LogP contribution in [0.25, 0.3) is 0 Å². The van der Waals surface area contributed by atoms with Gasteiger partial charge in [-0.2, -0.15) is 0 Å². The molecule has 1 aromatic carbocycles. The molecule has 0 saturated carbocycles. The van der Waals surface area contributed by atoms with E-state index in [1.54, 1.807) is 24.5 Å². The highest BCUT2D eigenvalue weighted by Gasteiger charge is 2.50. The number of nitrogens with zero attached hydrogens (tertiary/aromatic N) is 4. The summed E-state index contributed by atoms with van der Waals surface area (Å²) in [6.07, 6.45) is 8.60. The maximum absolute atomic E-state index is 13.8. The Morgan fingerprint density at radius 3 is 2.77 bits per heavy atom. The molecule has 2 bridgehead atoms. The Morgan fingerprint density at radius 1 is 1.17 bits per heavy atom. The Morgan fingerprint density at radius 2 is 1.97 bits per heavy atom. The quantitative estimate of drug-likeness (QED) is 0.783. The van der Waals surface area contributed by atoms with Gasteiger partial charge in [0, 0.05) is 44.0 Å². The van der Waals surface area contributed by atoms with Gasteiger partial charge < -0.3 is 9.80 Å². The first kappa shape index (κ1) is 19.2. The Balaban J connectivity index is 1.45. The number of benzene rings is 1. The predicted octanol–water partition coefficient (Wildman–Crippen LogP) is 2.70. The van der Waals surface area contributed by atoms with Gasteiger partial charge in [-0.3, -0.25) is 9.59 Å². The number of halogens is 1. The summed E-state index contributed by atoms with van der Waals surface area (Å²) in [5.41, 5.74) is 1.39. The maximum Gasteiger partial charge on any atom is 0.257 e. The van der Waals surface area contributed by atoms with Crippen molar-refractivity contribution in [1.82, 2.24) is 19.8 Å². The molecule has 0 aliphatic carbocycles. The van der Waals surface area contributed by atoms with E-state index >= 15 is 0 Å². The van der Waals surface area contributed by atoms with E-state index in [-0.39, 0.29) is 41.6 Å². The Hall–Kier alpha value is -2.83. The average Bonchev–Trinajstić information content (AvgIpc) is 2.77. The van der Waals surface area contributed by atoms with Gasteiger partial charge in [0.05, 0.1) is 5.56 Å². The van der Waals surface area contributed by atoms with Gasteiger partial charge in [-0.1, -0.05) is 12.1 Å². The van der Waals surface area contributed by atoms with Crippen LogP contribution in [0.3, 0.4) is 0 Å². The fraction of sp³-hybridized carbons (Fsp3) is 0.478. The maximum atomic E-state index is 13.8. The first-order valence-electron chi connectivity index (χ1n) is 10.7. The number of rotatable bonds is 3. The molecule has 3 saturated heterocycles. The predicted molar refractivity (Wildman–Crippen MR) is 108 cm³/mol. The molecular formula is C23H25FN4O2. The third-order valence-corrected chi connectivity index (χ3v) is 6.93. The SMILES string of the molecule is O=C(c1cncnc1)N1C[C@H]2C[C@@H](C1)[C@H](Cc1cccc(F)c1)N1C(=O)CCC[C@@H]21. The summed E-state index contributed by atoms with van der Waals surface area (Å²) in [5, 5.41) is 0. The minimum absolute atomic E-state index is 0.0107. The standard InChI is InChI=1S/C23H25FN4O2/c24-19-4-1-3-15(7-19)8-21-17-9-16(20-5-2-6-22(29)28(20)21)12-27(13-17)23(30)18-10-25-14-26-11-18/h1,3-4,7,10-11,14,16-17,20-21H,2,5-6,8-9,12-13H2/t16-,17+,20+,21+/m1/s1. The van der Waals surface area contributed by atoms with Gasteiger partial charge in [0.25, 0.3) is 5.91 Å². The molecule has 4 heterocycles. The molecule has 6 nitrogen and oxygen atoms in total. The average molecular weight is 408 g/mol. The number of carbonyl (C=O) groups excluding carboxylic acids is 2. The topological polar surface area (TPSA) is 66.4 Å². The number of likely N-dealkylation sites (tertiary alicyclic amines) is 1. The van der Waals surface area contributed by atoms with Crippen molar-refractivity contribution in [3.8, 4) is 0 Å². The number of fused-ring (bicyclic) bond motifs is 4. The van der Waals surface area contributed by atoms with Gasteiger partial charge in [-0.15, -0.1) is 0 Å². The van der Waals surface area contributed by atoms with Crippen LogP contribution in [0.2, 0.25) is 0 Å². The highest BCUT2D eigenvalue weighted by molar-refractivity contribution is 5.93. The highest BCUT2D eigenvalue weighted by Crippen LogP contribution is 2.42. The van der Waals surface area contributed by atoms with E-state index in [9.17, 15) is 14.0 Å². The number of amides is 2. The molecule has 5 rings (SSSR count). The lowest BCUT2D eigenvalue weighted by atomic mass is 9.70. The summed E-state index contributed by atoms with van der Waals surface area (Å²) in [6.45, 7) is 1.26. The summed E-state index contributed by atoms with van der Waals surface area (Å²) in [5.74, 6) is 0.362. The fourth-order valence-electron chi connectivity index (χ4n) is 5.70. The van der Waals surface area contributed by atoms with E-state index < -0.39 is 0 Å². The van der Waals surface area contributed by atoms with Crippen molar-refractivity contribution in [2.24, 2.45) is 11.8 Å². The van der Waals surface area contributed by atoms with Crippen molar-refractivity contribution >= 4 is 11.8 Å². The van der Waals surface area contributed by atoms with Crippen LogP contribution in [0, 0.1) is 17.7 Å². The summed E-state index contributed by atoms with van der Waals surface area (Å²) in [6, 6.07) is 6.79. The van der Waals surface area contributed by atoms with Crippen LogP contribution >= 0.6 is 0 Å². The summed E-state index contributed by atoms with van der Waals surface area (Å²) >= 11 is 0. The molecule has 0 spiro atoms. The second kappa shape index (κ2) is 7.78. The van der Waals surface area contributed by atoms with Gasteiger partial charge >= 0.3 is 0 Å². The summed E-state index contributed by atoms with van der Waals surface area (Å²) in [4.78, 5) is 38.0. The van der Waals surface area contributed by atoms with Crippen LogP contribution in [-0.2, 0) is 11.2 Å². The van der Waals surface area contributed by atoms with Gasteiger partial charge in [0.1, 0.15) is 12.1 Å². The van der Waals surface area contributed by atoms with Crippen LogP contribution in [0.5, 0.6) is 0 Å². The van der Waals surface area contributed by atoms with Crippen molar-refractivity contribution < 1.29 is 14.0 Å². The molecule has 4 atom stereocenters. The highest BCUT2D eigenvalue weighted by atomic mass is 19.1. The zero-order valence-electron chi connectivity index (χ0n) is 16.8. The minimum Gasteiger partial charge on any atom is -0.338 e. The van der Waals surface area contributed by atoms with Crippen molar-refractivity contribution in [2.45, 2.75) is 44.2 Å². The molecule has 0 N–H and O–H groups in total. The Bertz CT molecular complexity index is 953. The monoisotopic (exact) mass is 408 g/mol. The first-order valence-corrected chi connectivity index (χ1v) is 10.7. The lowest BCUT2D eigenvalue weighted by Crippen LogP contribution is -2.66. The third-order valence-electron chi connectivity index (χ3n) is 6.93. The first-order chi connectivity index (χ1) is 14.6. The number of hydrogen-bond acceptors (Lipinski definition) is 4. The Labute approximate surface area is 175 Å². The van der Waals surface area contributed by atoms with Crippen LogP contribution < -0.4 is 0 Å². The van der Waals surface area contributed by atoms with Crippen molar-refractivity contribution in [3.63, 3.8) is 0 Å². The van der Waals surface area contributed by atoms with Gasteiger partial charge in [-0.25, -0.2) is 14.4 Å². The van der Waals surface area contributed by atoms with Crippen molar-refractivity contribution in [1.29, 1.82) is 0 Å². The molecule has 2 aromatic rings. The summed E-state index contributed by atoms with van der Waals surface area (Å²) < 4.78 is 13.8. The van der Waals surface area contributed by atoms with Crippen LogP contribution in [0.1, 0.15) is 41.6 Å². The molecule has 7 heteroatoms. The number of hydrogen-bond donors (Lipinski definition) is 0. The third kappa shape index (κ3) is 3.46. The van der Waals surface area contributed by atoms with E-state index in [1.165, 1.54) is 12.4 Å². The lowest BCUT2D eigenvalue weighted by molar-refractivity contribution is -0.151. The second-order valence-electron chi connectivity index (χ2n) is 8.76. The smallest absolute Gasteiger partial charge is 0.257 e. The number of piperidine rings is 3. The molecule has 3 aliphatic rings. The summed E-state index contributed by atoms with van der Waals surface area (Å²) in [7, 11) is 0. The zero-order chi connectivity index (χ0) is 20.7. The van der Waals surface area contributed by atoms with Crippen molar-refractivity contribution in [2.75, 3.05) is 13.1 Å². The Kier molecular flexibility index (Phi) is 4.97. The van der Waals surface area contributed by atoms with Crippen LogP contribution in [0.4, 0.5) is 4.39 Å². The van der Waals surface area contributed by atoms with E-state index in [4.69, 9.17) is 0 Å².